The van der Waals surface area contributed by atoms with Crippen LogP contribution in [-0.4, -0.2) is 36.3 Å². The number of ether oxygens (including phenoxy) is 1. The molecule has 0 aromatic carbocycles. The number of pyridine rings is 2. The van der Waals surface area contributed by atoms with Crippen LogP contribution in [0.4, 0.5) is 5.69 Å². The first-order valence-electron chi connectivity index (χ1n) is 6.47. The highest BCUT2D eigenvalue weighted by molar-refractivity contribution is 9.10. The quantitative estimate of drug-likeness (QED) is 0.871. The number of anilines is 1. The Kier molecular flexibility index (Phi) is 3.66. The summed E-state index contributed by atoms with van der Waals surface area (Å²) in [4.78, 5) is 11.1. The van der Waals surface area contributed by atoms with Crippen molar-refractivity contribution in [1.82, 2.24) is 9.97 Å². The Bertz CT molecular complexity index is 584. The molecule has 2 aromatic rings. The van der Waals surface area contributed by atoms with Crippen molar-refractivity contribution in [2.24, 2.45) is 0 Å². The molecule has 0 N–H and O–H groups in total. The number of fused-ring (bicyclic) bond motifs is 1. The molecule has 1 fully saturated rings. The maximum atomic E-state index is 5.69. The maximum absolute atomic E-state index is 5.69. The maximum Gasteiger partial charge on any atom is 0.112 e. The molecule has 19 heavy (non-hydrogen) atoms. The van der Waals surface area contributed by atoms with Gasteiger partial charge in [0.25, 0.3) is 0 Å². The molecule has 5 heteroatoms. The van der Waals surface area contributed by atoms with E-state index in [9.17, 15) is 0 Å². The Balaban J connectivity index is 1.90. The molecule has 0 bridgehead atoms. The Hall–Kier alpha value is -1.20. The highest BCUT2D eigenvalue weighted by atomic mass is 79.9. The Labute approximate surface area is 120 Å². The standard InChI is InChI=1S/C14H16BrN3O/c1-18(9-11-3-2-6-19-11)13-4-5-16-12-7-10(15)8-17-14(12)13/h4-5,7-8,11H,2-3,6,9H2,1H3. The van der Waals surface area contributed by atoms with Crippen LogP contribution in [0.5, 0.6) is 0 Å². The van der Waals surface area contributed by atoms with Gasteiger partial charge in [-0.2, -0.15) is 0 Å². The Morgan fingerprint density at radius 3 is 3.16 bits per heavy atom. The molecule has 3 heterocycles. The third-order valence-electron chi connectivity index (χ3n) is 3.44. The van der Waals surface area contributed by atoms with Crippen LogP contribution in [0, 0.1) is 0 Å². The van der Waals surface area contributed by atoms with E-state index in [-0.39, 0.29) is 0 Å². The first kappa shape index (κ1) is 12.8. The van der Waals surface area contributed by atoms with Gasteiger partial charge in [0.1, 0.15) is 5.52 Å². The molecule has 0 radical (unpaired) electrons. The summed E-state index contributed by atoms with van der Waals surface area (Å²) in [7, 11) is 2.08. The largest absolute Gasteiger partial charge is 0.376 e. The second kappa shape index (κ2) is 5.43. The zero-order valence-corrected chi connectivity index (χ0v) is 12.4. The number of nitrogens with zero attached hydrogens (tertiary/aromatic N) is 3. The molecule has 0 aliphatic carbocycles. The molecule has 100 valence electrons. The predicted octanol–water partition coefficient (Wildman–Crippen LogP) is 3.01. The lowest BCUT2D eigenvalue weighted by Crippen LogP contribution is -2.28. The minimum atomic E-state index is 0.337. The fourth-order valence-electron chi connectivity index (χ4n) is 2.49. The first-order valence-corrected chi connectivity index (χ1v) is 7.26. The topological polar surface area (TPSA) is 38.2 Å². The molecule has 1 aliphatic rings. The summed E-state index contributed by atoms with van der Waals surface area (Å²) in [6.07, 6.45) is 6.29. The molecule has 0 saturated carbocycles. The number of aromatic nitrogens is 2. The zero-order chi connectivity index (χ0) is 13.2. The third-order valence-corrected chi connectivity index (χ3v) is 3.87. The minimum Gasteiger partial charge on any atom is -0.376 e. The van der Waals surface area contributed by atoms with Gasteiger partial charge in [-0.3, -0.25) is 9.97 Å². The predicted molar refractivity (Wildman–Crippen MR) is 79.5 cm³/mol. The van der Waals surface area contributed by atoms with Gasteiger partial charge in [0, 0.05) is 37.1 Å². The summed E-state index contributed by atoms with van der Waals surface area (Å²) in [5, 5.41) is 0. The van der Waals surface area contributed by atoms with E-state index in [1.807, 2.05) is 24.5 Å². The summed E-state index contributed by atoms with van der Waals surface area (Å²) in [5.41, 5.74) is 2.95. The number of likely N-dealkylation sites (N-methyl/N-ethyl adjacent to an activating group) is 1. The highest BCUT2D eigenvalue weighted by Crippen LogP contribution is 2.25. The molecule has 3 rings (SSSR count). The van der Waals surface area contributed by atoms with E-state index in [4.69, 9.17) is 4.74 Å². The molecule has 1 aliphatic heterocycles. The smallest absolute Gasteiger partial charge is 0.112 e. The lowest BCUT2D eigenvalue weighted by molar-refractivity contribution is 0.116. The van der Waals surface area contributed by atoms with Crippen molar-refractivity contribution in [3.63, 3.8) is 0 Å². The van der Waals surface area contributed by atoms with Crippen molar-refractivity contribution in [2.75, 3.05) is 25.1 Å². The first-order chi connectivity index (χ1) is 9.24. The molecule has 2 aromatic heterocycles. The van der Waals surface area contributed by atoms with Crippen LogP contribution in [-0.2, 0) is 4.74 Å². The molecule has 1 saturated heterocycles. The van der Waals surface area contributed by atoms with E-state index in [0.29, 0.717) is 6.10 Å². The van der Waals surface area contributed by atoms with E-state index in [1.165, 1.54) is 6.42 Å². The zero-order valence-electron chi connectivity index (χ0n) is 10.8. The van der Waals surface area contributed by atoms with Gasteiger partial charge in [0.05, 0.1) is 17.3 Å². The average molecular weight is 322 g/mol. The Morgan fingerprint density at radius 2 is 2.37 bits per heavy atom. The fourth-order valence-corrected chi connectivity index (χ4v) is 2.81. The number of halogens is 1. The van der Waals surface area contributed by atoms with Crippen LogP contribution in [0.2, 0.25) is 0 Å². The minimum absolute atomic E-state index is 0.337. The molecule has 1 atom stereocenters. The molecule has 0 spiro atoms. The average Bonchev–Trinajstić information content (AvgIpc) is 2.90. The monoisotopic (exact) mass is 321 g/mol. The molecular weight excluding hydrogens is 306 g/mol. The molecular formula is C14H16BrN3O. The Morgan fingerprint density at radius 1 is 1.47 bits per heavy atom. The fraction of sp³-hybridized carbons (Fsp3) is 0.429. The van der Waals surface area contributed by atoms with Crippen molar-refractivity contribution in [3.8, 4) is 0 Å². The number of hydrogen-bond donors (Lipinski definition) is 0. The van der Waals surface area contributed by atoms with Crippen LogP contribution in [0.15, 0.2) is 29.0 Å². The van der Waals surface area contributed by atoms with Gasteiger partial charge in [-0.1, -0.05) is 0 Å². The van der Waals surface area contributed by atoms with Crippen LogP contribution < -0.4 is 4.90 Å². The number of rotatable bonds is 3. The van der Waals surface area contributed by atoms with Gasteiger partial charge in [0.2, 0.25) is 0 Å². The summed E-state index contributed by atoms with van der Waals surface area (Å²) in [5.74, 6) is 0. The van der Waals surface area contributed by atoms with E-state index in [2.05, 4.69) is 37.8 Å². The summed E-state index contributed by atoms with van der Waals surface area (Å²) in [6.45, 7) is 1.79. The van der Waals surface area contributed by atoms with Crippen LogP contribution in [0.3, 0.4) is 0 Å². The summed E-state index contributed by atoms with van der Waals surface area (Å²) >= 11 is 3.43. The van der Waals surface area contributed by atoms with Crippen LogP contribution in [0.1, 0.15) is 12.8 Å². The SMILES string of the molecule is CN(CC1CCCO1)c1ccnc2cc(Br)cnc12. The van der Waals surface area contributed by atoms with Crippen molar-refractivity contribution < 1.29 is 4.74 Å². The van der Waals surface area contributed by atoms with E-state index in [0.717, 1.165) is 40.8 Å². The van der Waals surface area contributed by atoms with Crippen LogP contribution in [0.25, 0.3) is 11.0 Å². The summed E-state index contributed by atoms with van der Waals surface area (Å²) in [6, 6.07) is 4.00. The van der Waals surface area contributed by atoms with E-state index >= 15 is 0 Å². The van der Waals surface area contributed by atoms with Gasteiger partial charge in [0.15, 0.2) is 0 Å². The van der Waals surface area contributed by atoms with Crippen molar-refractivity contribution in [2.45, 2.75) is 18.9 Å². The van der Waals surface area contributed by atoms with E-state index < -0.39 is 0 Å². The number of hydrogen-bond acceptors (Lipinski definition) is 4. The lowest BCUT2D eigenvalue weighted by atomic mass is 10.2. The highest BCUT2D eigenvalue weighted by Gasteiger charge is 2.18. The van der Waals surface area contributed by atoms with Crippen LogP contribution >= 0.6 is 15.9 Å². The van der Waals surface area contributed by atoms with Crippen molar-refractivity contribution in [1.29, 1.82) is 0 Å². The molecule has 0 amide bonds. The molecule has 1 unspecified atom stereocenters. The molecule has 4 nitrogen and oxygen atoms in total. The van der Waals surface area contributed by atoms with E-state index in [1.54, 1.807) is 0 Å². The van der Waals surface area contributed by atoms with Crippen molar-refractivity contribution >= 4 is 32.7 Å². The summed E-state index contributed by atoms with van der Waals surface area (Å²) < 4.78 is 6.64. The second-order valence-corrected chi connectivity index (χ2v) is 5.78. The van der Waals surface area contributed by atoms with Gasteiger partial charge >= 0.3 is 0 Å². The normalized spacial score (nSPS) is 18.9. The second-order valence-electron chi connectivity index (χ2n) is 4.87. The third kappa shape index (κ3) is 2.72. The van der Waals surface area contributed by atoms with Crippen molar-refractivity contribution in [3.05, 3.63) is 29.0 Å². The lowest BCUT2D eigenvalue weighted by Gasteiger charge is -2.23. The van der Waals surface area contributed by atoms with Gasteiger partial charge in [-0.25, -0.2) is 0 Å². The van der Waals surface area contributed by atoms with Gasteiger partial charge in [-0.15, -0.1) is 0 Å². The van der Waals surface area contributed by atoms with Gasteiger partial charge < -0.3 is 9.64 Å². The van der Waals surface area contributed by atoms with Gasteiger partial charge in [-0.05, 0) is 40.9 Å².